The molecule has 0 aromatic heterocycles. The first-order chi connectivity index (χ1) is 7.04. The second kappa shape index (κ2) is 5.00. The summed E-state index contributed by atoms with van der Waals surface area (Å²) in [6.07, 6.45) is 0. The van der Waals surface area contributed by atoms with Crippen molar-refractivity contribution in [2.75, 3.05) is 6.61 Å². The first-order valence-electron chi connectivity index (χ1n) is 4.86. The summed E-state index contributed by atoms with van der Waals surface area (Å²) >= 11 is 0. The van der Waals surface area contributed by atoms with E-state index in [9.17, 15) is 5.11 Å². The highest BCUT2D eigenvalue weighted by Crippen LogP contribution is 2.28. The second-order valence-electron chi connectivity index (χ2n) is 3.70. The zero-order chi connectivity index (χ0) is 11.4. The van der Waals surface area contributed by atoms with E-state index in [0.717, 1.165) is 5.56 Å². The molecule has 0 heterocycles. The van der Waals surface area contributed by atoms with E-state index in [1.165, 1.54) is 6.07 Å². The van der Waals surface area contributed by atoms with Crippen molar-refractivity contribution < 1.29 is 14.9 Å². The molecule has 1 rings (SSSR count). The Labute approximate surface area is 89.3 Å². The van der Waals surface area contributed by atoms with Crippen molar-refractivity contribution in [2.45, 2.75) is 26.5 Å². The Morgan fingerprint density at radius 3 is 2.67 bits per heavy atom. The van der Waals surface area contributed by atoms with Gasteiger partial charge in [0.25, 0.3) is 0 Å². The Bertz CT molecular complexity index is 337. The maximum absolute atomic E-state index is 9.34. The molecule has 0 fully saturated rings. The minimum atomic E-state index is -0.163. The third kappa shape index (κ3) is 3.11. The van der Waals surface area contributed by atoms with E-state index in [4.69, 9.17) is 15.6 Å². The molecule has 84 valence electrons. The average Bonchev–Trinajstić information content (AvgIpc) is 2.14. The van der Waals surface area contributed by atoms with Crippen molar-refractivity contribution in [1.82, 2.24) is 0 Å². The lowest BCUT2D eigenvalue weighted by molar-refractivity contribution is 0.255. The lowest BCUT2D eigenvalue weighted by atomic mass is 10.1. The maximum Gasteiger partial charge on any atom is 0.128 e. The number of aliphatic hydroxyl groups is 1. The largest absolute Gasteiger partial charge is 0.508 e. The Morgan fingerprint density at radius 1 is 1.47 bits per heavy atom. The van der Waals surface area contributed by atoms with Crippen LogP contribution in [0.4, 0.5) is 0 Å². The molecule has 0 aliphatic heterocycles. The number of hydrogen-bond acceptors (Lipinski definition) is 4. The highest BCUT2D eigenvalue weighted by Gasteiger charge is 2.09. The van der Waals surface area contributed by atoms with Crippen LogP contribution in [0.1, 0.15) is 18.1 Å². The van der Waals surface area contributed by atoms with Crippen LogP contribution in [-0.2, 0) is 6.61 Å². The highest BCUT2D eigenvalue weighted by molar-refractivity contribution is 5.45. The molecule has 0 aliphatic rings. The van der Waals surface area contributed by atoms with Gasteiger partial charge in [-0.2, -0.15) is 0 Å². The Morgan fingerprint density at radius 2 is 2.13 bits per heavy atom. The second-order valence-corrected chi connectivity index (χ2v) is 3.70. The number of hydrogen-bond donors (Lipinski definition) is 3. The third-order valence-electron chi connectivity index (χ3n) is 2.00. The standard InChI is InChI=1S/C11H17NO3/c1-7-3-10(14)4-9(5-13)11(7)15-6-8(2)12/h3-4,8,13-14H,5-6,12H2,1-2H3. The molecule has 0 saturated carbocycles. The Kier molecular flexibility index (Phi) is 3.94. The quantitative estimate of drug-likeness (QED) is 0.692. The van der Waals surface area contributed by atoms with Gasteiger partial charge >= 0.3 is 0 Å². The number of aromatic hydroxyl groups is 1. The van der Waals surface area contributed by atoms with Crippen LogP contribution in [0, 0.1) is 6.92 Å². The molecule has 1 aromatic rings. The first-order valence-corrected chi connectivity index (χ1v) is 4.86. The summed E-state index contributed by atoms with van der Waals surface area (Å²) < 4.78 is 5.48. The maximum atomic E-state index is 9.34. The number of benzene rings is 1. The summed E-state index contributed by atoms with van der Waals surface area (Å²) in [6.45, 7) is 3.88. The lowest BCUT2D eigenvalue weighted by Gasteiger charge is -2.14. The summed E-state index contributed by atoms with van der Waals surface area (Å²) in [6, 6.07) is 3.02. The summed E-state index contributed by atoms with van der Waals surface area (Å²) in [4.78, 5) is 0. The number of aliphatic hydroxyl groups excluding tert-OH is 1. The molecule has 0 spiro atoms. The predicted octanol–water partition coefficient (Wildman–Crippen LogP) is 0.919. The van der Waals surface area contributed by atoms with Gasteiger partial charge in [0, 0.05) is 11.6 Å². The topological polar surface area (TPSA) is 75.7 Å². The summed E-state index contributed by atoms with van der Waals surface area (Å²) in [5.74, 6) is 0.734. The zero-order valence-electron chi connectivity index (χ0n) is 9.03. The van der Waals surface area contributed by atoms with E-state index in [-0.39, 0.29) is 18.4 Å². The molecule has 4 heteroatoms. The van der Waals surface area contributed by atoms with Crippen molar-refractivity contribution in [3.8, 4) is 11.5 Å². The average molecular weight is 211 g/mol. The van der Waals surface area contributed by atoms with Crippen molar-refractivity contribution in [1.29, 1.82) is 0 Å². The number of nitrogens with two attached hydrogens (primary N) is 1. The summed E-state index contributed by atoms with van der Waals surface area (Å²) in [5, 5.41) is 18.4. The predicted molar refractivity (Wildman–Crippen MR) is 57.9 cm³/mol. The van der Waals surface area contributed by atoms with Gasteiger partial charge in [-0.3, -0.25) is 0 Å². The molecule has 0 radical (unpaired) electrons. The molecule has 1 unspecified atom stereocenters. The van der Waals surface area contributed by atoms with Gasteiger partial charge < -0.3 is 20.7 Å². The van der Waals surface area contributed by atoms with Gasteiger partial charge in [0.05, 0.1) is 6.61 Å². The highest BCUT2D eigenvalue weighted by atomic mass is 16.5. The Hall–Kier alpha value is -1.26. The van der Waals surface area contributed by atoms with E-state index < -0.39 is 0 Å². The summed E-state index contributed by atoms with van der Waals surface area (Å²) in [5.41, 5.74) is 6.94. The van der Waals surface area contributed by atoms with Gasteiger partial charge in [0.2, 0.25) is 0 Å². The van der Waals surface area contributed by atoms with Crippen LogP contribution >= 0.6 is 0 Å². The van der Waals surface area contributed by atoms with Crippen LogP contribution in [0.5, 0.6) is 11.5 Å². The van der Waals surface area contributed by atoms with Gasteiger partial charge in [-0.25, -0.2) is 0 Å². The SMILES string of the molecule is Cc1cc(O)cc(CO)c1OCC(C)N. The molecule has 1 atom stereocenters. The van der Waals surface area contributed by atoms with Crippen LogP contribution in [-0.4, -0.2) is 22.9 Å². The molecule has 0 amide bonds. The van der Waals surface area contributed by atoms with E-state index in [1.807, 2.05) is 13.8 Å². The number of phenolic OH excluding ortho intramolecular Hbond substituents is 1. The number of phenols is 1. The minimum absolute atomic E-state index is 0.0651. The fourth-order valence-electron chi connectivity index (χ4n) is 1.37. The molecular weight excluding hydrogens is 194 g/mol. The van der Waals surface area contributed by atoms with Crippen molar-refractivity contribution in [3.63, 3.8) is 0 Å². The van der Waals surface area contributed by atoms with Crippen LogP contribution in [0.2, 0.25) is 0 Å². The van der Waals surface area contributed by atoms with Crippen LogP contribution in [0.3, 0.4) is 0 Å². The number of ether oxygens (including phenoxy) is 1. The lowest BCUT2D eigenvalue weighted by Crippen LogP contribution is -2.24. The fraction of sp³-hybridized carbons (Fsp3) is 0.455. The van der Waals surface area contributed by atoms with Crippen LogP contribution in [0.15, 0.2) is 12.1 Å². The minimum Gasteiger partial charge on any atom is -0.508 e. The molecule has 4 N–H and O–H groups in total. The van der Waals surface area contributed by atoms with Crippen molar-refractivity contribution in [2.24, 2.45) is 5.73 Å². The fourth-order valence-corrected chi connectivity index (χ4v) is 1.37. The van der Waals surface area contributed by atoms with E-state index in [1.54, 1.807) is 6.07 Å². The van der Waals surface area contributed by atoms with Gasteiger partial charge in [0.15, 0.2) is 0 Å². The number of aryl methyl sites for hydroxylation is 1. The number of rotatable bonds is 4. The van der Waals surface area contributed by atoms with E-state index in [2.05, 4.69) is 0 Å². The molecular formula is C11H17NO3. The summed E-state index contributed by atoms with van der Waals surface area (Å²) in [7, 11) is 0. The smallest absolute Gasteiger partial charge is 0.128 e. The monoisotopic (exact) mass is 211 g/mol. The molecule has 1 aromatic carbocycles. The van der Waals surface area contributed by atoms with Crippen molar-refractivity contribution >= 4 is 0 Å². The normalized spacial score (nSPS) is 12.5. The van der Waals surface area contributed by atoms with Gasteiger partial charge in [-0.15, -0.1) is 0 Å². The zero-order valence-corrected chi connectivity index (χ0v) is 9.03. The molecule has 0 saturated heterocycles. The van der Waals surface area contributed by atoms with Gasteiger partial charge in [0.1, 0.15) is 18.1 Å². The molecule has 0 bridgehead atoms. The molecule has 0 aliphatic carbocycles. The molecule has 15 heavy (non-hydrogen) atoms. The third-order valence-corrected chi connectivity index (χ3v) is 2.00. The van der Waals surface area contributed by atoms with E-state index in [0.29, 0.717) is 17.9 Å². The van der Waals surface area contributed by atoms with Crippen LogP contribution < -0.4 is 10.5 Å². The van der Waals surface area contributed by atoms with E-state index >= 15 is 0 Å². The van der Waals surface area contributed by atoms with Crippen molar-refractivity contribution in [3.05, 3.63) is 23.3 Å². The Balaban J connectivity index is 2.93. The van der Waals surface area contributed by atoms with Gasteiger partial charge in [-0.05, 0) is 31.5 Å². The molecule has 4 nitrogen and oxygen atoms in total. The van der Waals surface area contributed by atoms with Crippen LogP contribution in [0.25, 0.3) is 0 Å². The first kappa shape index (κ1) is 11.8. The van der Waals surface area contributed by atoms with Gasteiger partial charge in [-0.1, -0.05) is 0 Å².